The number of rotatable bonds is 3. The topological polar surface area (TPSA) is 33.1 Å². The average Bonchev–Trinajstić information content (AvgIpc) is 2.77. The zero-order chi connectivity index (χ0) is 11.8. The molecule has 3 fully saturated rings. The van der Waals surface area contributed by atoms with Crippen LogP contribution in [0.5, 0.6) is 0 Å². The predicted molar refractivity (Wildman–Crippen MR) is 67.7 cm³/mol. The number of nitrogens with zero attached hydrogens (tertiary/aromatic N) is 3. The number of aryl methyl sites for hydroxylation is 1. The van der Waals surface area contributed by atoms with E-state index in [1.165, 1.54) is 38.2 Å². The summed E-state index contributed by atoms with van der Waals surface area (Å²) >= 11 is 0. The van der Waals surface area contributed by atoms with Crippen LogP contribution >= 0.6 is 0 Å². The summed E-state index contributed by atoms with van der Waals surface area (Å²) in [6.07, 6.45) is 4.62. The van der Waals surface area contributed by atoms with Crippen LogP contribution in [0.1, 0.15) is 31.5 Å². The summed E-state index contributed by atoms with van der Waals surface area (Å²) in [7, 11) is 2.02. The summed E-state index contributed by atoms with van der Waals surface area (Å²) < 4.78 is 1.97. The molecule has 1 aromatic rings. The van der Waals surface area contributed by atoms with E-state index in [2.05, 4.69) is 28.3 Å². The number of fused-ring (bicyclic) bond motifs is 3. The van der Waals surface area contributed by atoms with Crippen molar-refractivity contribution in [3.63, 3.8) is 0 Å². The van der Waals surface area contributed by atoms with Crippen LogP contribution in [-0.2, 0) is 7.05 Å². The van der Waals surface area contributed by atoms with Crippen molar-refractivity contribution in [2.45, 2.75) is 31.8 Å². The van der Waals surface area contributed by atoms with E-state index in [1.807, 2.05) is 17.9 Å². The van der Waals surface area contributed by atoms with Crippen molar-refractivity contribution in [1.82, 2.24) is 20.0 Å². The van der Waals surface area contributed by atoms with Crippen LogP contribution in [0.25, 0.3) is 0 Å². The molecule has 4 rings (SSSR count). The van der Waals surface area contributed by atoms with Crippen LogP contribution in [0.4, 0.5) is 0 Å². The fourth-order valence-electron chi connectivity index (χ4n) is 3.37. The molecule has 0 radical (unpaired) electrons. The van der Waals surface area contributed by atoms with Crippen molar-refractivity contribution in [3.8, 4) is 0 Å². The molecule has 0 amide bonds. The van der Waals surface area contributed by atoms with E-state index in [1.54, 1.807) is 0 Å². The molecule has 94 valence electrons. The second-order valence-electron chi connectivity index (χ2n) is 5.51. The first-order chi connectivity index (χ1) is 8.24. The third-order valence-electron chi connectivity index (χ3n) is 4.42. The van der Waals surface area contributed by atoms with Gasteiger partial charge in [-0.25, -0.2) is 0 Å². The van der Waals surface area contributed by atoms with E-state index in [4.69, 9.17) is 0 Å². The normalized spacial score (nSPS) is 33.9. The molecule has 0 aliphatic carbocycles. The van der Waals surface area contributed by atoms with E-state index in [-0.39, 0.29) is 0 Å². The van der Waals surface area contributed by atoms with Crippen molar-refractivity contribution in [2.75, 3.05) is 19.6 Å². The standard InChI is InChI=1S/C13H22N4/c1-10(13-3-6-14-16(13)2)15-12-9-17-7-4-11(12)5-8-17/h3,6,10-12,15H,4-5,7-9H2,1-2H3. The van der Waals surface area contributed by atoms with Crippen molar-refractivity contribution in [2.24, 2.45) is 13.0 Å². The Kier molecular flexibility index (Phi) is 2.92. The Morgan fingerprint density at radius 3 is 2.71 bits per heavy atom. The highest BCUT2D eigenvalue weighted by Crippen LogP contribution is 2.29. The molecule has 3 aliphatic heterocycles. The monoisotopic (exact) mass is 234 g/mol. The number of nitrogens with one attached hydrogen (secondary N) is 1. The number of piperidine rings is 3. The molecular weight excluding hydrogens is 212 g/mol. The Morgan fingerprint density at radius 1 is 1.41 bits per heavy atom. The van der Waals surface area contributed by atoms with E-state index < -0.39 is 0 Å². The summed E-state index contributed by atoms with van der Waals surface area (Å²) in [4.78, 5) is 2.59. The molecule has 0 saturated carbocycles. The van der Waals surface area contributed by atoms with Gasteiger partial charge in [0.2, 0.25) is 0 Å². The molecule has 4 nitrogen and oxygen atoms in total. The highest BCUT2D eigenvalue weighted by atomic mass is 15.3. The smallest absolute Gasteiger partial charge is 0.0547 e. The minimum Gasteiger partial charge on any atom is -0.305 e. The molecule has 2 unspecified atom stereocenters. The van der Waals surface area contributed by atoms with Crippen LogP contribution in [-0.4, -0.2) is 40.4 Å². The van der Waals surface area contributed by atoms with E-state index in [0.29, 0.717) is 12.1 Å². The second kappa shape index (κ2) is 4.42. The lowest BCUT2D eigenvalue weighted by atomic mass is 9.83. The second-order valence-corrected chi connectivity index (χ2v) is 5.51. The lowest BCUT2D eigenvalue weighted by molar-refractivity contribution is 0.0675. The molecular formula is C13H22N4. The lowest BCUT2D eigenvalue weighted by Crippen LogP contribution is -2.56. The Labute approximate surface area is 103 Å². The first-order valence-electron chi connectivity index (χ1n) is 6.70. The average molecular weight is 234 g/mol. The fraction of sp³-hybridized carbons (Fsp3) is 0.769. The number of aromatic nitrogens is 2. The maximum absolute atomic E-state index is 4.24. The van der Waals surface area contributed by atoms with Crippen molar-refractivity contribution < 1.29 is 0 Å². The Morgan fingerprint density at radius 2 is 2.18 bits per heavy atom. The molecule has 1 aromatic heterocycles. The van der Waals surface area contributed by atoms with Gasteiger partial charge in [-0.2, -0.15) is 5.10 Å². The highest BCUT2D eigenvalue weighted by Gasteiger charge is 2.34. The van der Waals surface area contributed by atoms with E-state index in [0.717, 1.165) is 5.92 Å². The molecule has 4 heterocycles. The van der Waals surface area contributed by atoms with Crippen molar-refractivity contribution in [1.29, 1.82) is 0 Å². The lowest BCUT2D eigenvalue weighted by Gasteiger charge is -2.46. The maximum atomic E-state index is 4.24. The molecule has 2 atom stereocenters. The minimum atomic E-state index is 0.396. The summed E-state index contributed by atoms with van der Waals surface area (Å²) in [6.45, 7) is 6.09. The van der Waals surface area contributed by atoms with Gasteiger partial charge in [-0.15, -0.1) is 0 Å². The molecule has 0 spiro atoms. The molecule has 2 bridgehead atoms. The molecule has 17 heavy (non-hydrogen) atoms. The Hall–Kier alpha value is -0.870. The summed E-state index contributed by atoms with van der Waals surface area (Å²) in [5.74, 6) is 0.885. The van der Waals surface area contributed by atoms with Crippen LogP contribution in [0.15, 0.2) is 12.3 Å². The predicted octanol–water partition coefficient (Wildman–Crippen LogP) is 1.16. The van der Waals surface area contributed by atoms with Gasteiger partial charge in [0, 0.05) is 31.9 Å². The van der Waals surface area contributed by atoms with Gasteiger partial charge in [-0.05, 0) is 44.8 Å². The van der Waals surface area contributed by atoms with Crippen LogP contribution in [0.3, 0.4) is 0 Å². The van der Waals surface area contributed by atoms with E-state index in [9.17, 15) is 0 Å². The van der Waals surface area contributed by atoms with Crippen LogP contribution in [0, 0.1) is 5.92 Å². The summed E-state index contributed by atoms with van der Waals surface area (Å²) in [6, 6.07) is 3.18. The quantitative estimate of drug-likeness (QED) is 0.852. The van der Waals surface area contributed by atoms with Gasteiger partial charge >= 0.3 is 0 Å². The molecule has 3 saturated heterocycles. The van der Waals surface area contributed by atoms with Crippen LogP contribution in [0.2, 0.25) is 0 Å². The van der Waals surface area contributed by atoms with Crippen molar-refractivity contribution in [3.05, 3.63) is 18.0 Å². The summed E-state index contributed by atoms with van der Waals surface area (Å²) in [5, 5.41) is 8.04. The van der Waals surface area contributed by atoms with Gasteiger partial charge in [0.05, 0.1) is 5.69 Å². The number of hydrogen-bond donors (Lipinski definition) is 1. The first kappa shape index (κ1) is 11.2. The van der Waals surface area contributed by atoms with E-state index >= 15 is 0 Å². The largest absolute Gasteiger partial charge is 0.305 e. The van der Waals surface area contributed by atoms with Gasteiger partial charge in [-0.3, -0.25) is 4.68 Å². The zero-order valence-electron chi connectivity index (χ0n) is 10.8. The van der Waals surface area contributed by atoms with Crippen LogP contribution < -0.4 is 5.32 Å². The van der Waals surface area contributed by atoms with Gasteiger partial charge in [0.1, 0.15) is 0 Å². The fourth-order valence-corrected chi connectivity index (χ4v) is 3.37. The zero-order valence-corrected chi connectivity index (χ0v) is 10.8. The minimum absolute atomic E-state index is 0.396. The highest BCUT2D eigenvalue weighted by molar-refractivity contribution is 5.06. The molecule has 0 aromatic carbocycles. The SMILES string of the molecule is CC(NC1CN2CCC1CC2)c1ccnn1C. The van der Waals surface area contributed by atoms with Gasteiger partial charge < -0.3 is 10.2 Å². The first-order valence-corrected chi connectivity index (χ1v) is 6.70. The van der Waals surface area contributed by atoms with Gasteiger partial charge in [0.15, 0.2) is 0 Å². The van der Waals surface area contributed by atoms with Crippen molar-refractivity contribution >= 4 is 0 Å². The third-order valence-corrected chi connectivity index (χ3v) is 4.42. The molecule has 1 N–H and O–H groups in total. The van der Waals surface area contributed by atoms with Gasteiger partial charge in [-0.1, -0.05) is 0 Å². The Balaban J connectivity index is 1.65. The van der Waals surface area contributed by atoms with Gasteiger partial charge in [0.25, 0.3) is 0 Å². The maximum Gasteiger partial charge on any atom is 0.0547 e. The Bertz CT molecular complexity index is 379. The number of hydrogen-bond acceptors (Lipinski definition) is 3. The third kappa shape index (κ3) is 2.11. The molecule has 4 heteroatoms. The summed E-state index contributed by atoms with van der Waals surface area (Å²) in [5.41, 5.74) is 1.28. The molecule has 3 aliphatic rings.